The highest BCUT2D eigenvalue weighted by molar-refractivity contribution is 6.31. The summed E-state index contributed by atoms with van der Waals surface area (Å²) in [5, 5.41) is 3.21. The second kappa shape index (κ2) is 6.03. The van der Waals surface area contributed by atoms with Crippen molar-refractivity contribution in [3.8, 4) is 0 Å². The normalized spacial score (nSPS) is 11.2. The van der Waals surface area contributed by atoms with Crippen LogP contribution in [0.15, 0.2) is 54.7 Å². The van der Waals surface area contributed by atoms with Crippen molar-refractivity contribution in [1.29, 1.82) is 0 Å². The molecule has 110 valence electrons. The van der Waals surface area contributed by atoms with Crippen LogP contribution in [-0.2, 0) is 4.79 Å². The number of hydrogen-bond donors (Lipinski definition) is 1. The van der Waals surface area contributed by atoms with Crippen molar-refractivity contribution in [1.82, 2.24) is 9.38 Å². The molecular weight excluding hydrogens is 298 g/mol. The second-order valence-electron chi connectivity index (χ2n) is 4.85. The second-order valence-corrected chi connectivity index (χ2v) is 5.21. The monoisotopic (exact) mass is 311 g/mol. The Hall–Kier alpha value is -2.59. The Balaban J connectivity index is 1.82. The van der Waals surface area contributed by atoms with Crippen molar-refractivity contribution in [3.05, 3.63) is 71.1 Å². The van der Waals surface area contributed by atoms with Gasteiger partial charge in [0.2, 0.25) is 5.91 Å². The Morgan fingerprint density at radius 3 is 2.82 bits per heavy atom. The number of halogens is 1. The molecule has 1 aromatic carbocycles. The molecular formula is C17H14ClN3O. The van der Waals surface area contributed by atoms with Crippen LogP contribution in [0.1, 0.15) is 11.3 Å². The minimum absolute atomic E-state index is 0.212. The van der Waals surface area contributed by atoms with E-state index in [1.54, 1.807) is 6.08 Å². The van der Waals surface area contributed by atoms with Crippen molar-refractivity contribution in [2.45, 2.75) is 6.92 Å². The van der Waals surface area contributed by atoms with E-state index in [2.05, 4.69) is 10.3 Å². The van der Waals surface area contributed by atoms with Crippen LogP contribution in [-0.4, -0.2) is 15.3 Å². The SMILES string of the molecule is Cc1ccccc1NC(=O)C=Cc1c(Cl)nc2ccccn12. The average Bonchev–Trinajstić information content (AvgIpc) is 2.83. The predicted octanol–water partition coefficient (Wildman–Crippen LogP) is 3.95. The molecule has 0 aliphatic rings. The third-order valence-electron chi connectivity index (χ3n) is 3.32. The molecule has 5 heteroatoms. The number of benzene rings is 1. The number of imidazole rings is 1. The molecule has 2 heterocycles. The molecule has 0 spiro atoms. The van der Waals surface area contributed by atoms with E-state index in [9.17, 15) is 4.79 Å². The van der Waals surface area contributed by atoms with Crippen LogP contribution in [0.25, 0.3) is 11.7 Å². The van der Waals surface area contributed by atoms with Gasteiger partial charge < -0.3 is 5.32 Å². The highest BCUT2D eigenvalue weighted by Crippen LogP contribution is 2.19. The molecule has 0 saturated carbocycles. The van der Waals surface area contributed by atoms with Gasteiger partial charge in [-0.15, -0.1) is 0 Å². The summed E-state index contributed by atoms with van der Waals surface area (Å²) in [6, 6.07) is 13.2. The highest BCUT2D eigenvalue weighted by atomic mass is 35.5. The quantitative estimate of drug-likeness (QED) is 0.744. The molecule has 0 fully saturated rings. The summed E-state index contributed by atoms with van der Waals surface area (Å²) in [4.78, 5) is 16.3. The zero-order chi connectivity index (χ0) is 15.5. The van der Waals surface area contributed by atoms with Crippen LogP contribution in [0.4, 0.5) is 5.69 Å². The van der Waals surface area contributed by atoms with Crippen molar-refractivity contribution in [3.63, 3.8) is 0 Å². The minimum Gasteiger partial charge on any atom is -0.322 e. The topological polar surface area (TPSA) is 46.4 Å². The van der Waals surface area contributed by atoms with Crippen LogP contribution in [0.5, 0.6) is 0 Å². The standard InChI is InChI=1S/C17H14ClN3O/c1-12-6-2-3-7-13(12)19-16(22)10-9-14-17(18)20-15-8-4-5-11-21(14)15/h2-11H,1H3,(H,19,22). The molecule has 3 aromatic rings. The number of carbonyl (C=O) groups excluding carboxylic acids is 1. The van der Waals surface area contributed by atoms with E-state index in [1.165, 1.54) is 6.08 Å². The highest BCUT2D eigenvalue weighted by Gasteiger charge is 2.07. The number of amides is 1. The Morgan fingerprint density at radius 2 is 2.00 bits per heavy atom. The molecule has 0 aliphatic heterocycles. The van der Waals surface area contributed by atoms with Gasteiger partial charge in [0, 0.05) is 18.0 Å². The van der Waals surface area contributed by atoms with E-state index >= 15 is 0 Å². The van der Waals surface area contributed by atoms with Gasteiger partial charge in [0.1, 0.15) is 5.65 Å². The van der Waals surface area contributed by atoms with Crippen molar-refractivity contribution in [2.75, 3.05) is 5.32 Å². The lowest BCUT2D eigenvalue weighted by Gasteiger charge is -2.05. The molecule has 0 atom stereocenters. The maximum Gasteiger partial charge on any atom is 0.248 e. The molecule has 3 rings (SSSR count). The average molecular weight is 312 g/mol. The van der Waals surface area contributed by atoms with Gasteiger partial charge in [-0.3, -0.25) is 9.20 Å². The molecule has 0 aliphatic carbocycles. The van der Waals surface area contributed by atoms with Gasteiger partial charge in [0.05, 0.1) is 5.69 Å². The minimum atomic E-state index is -0.212. The lowest BCUT2D eigenvalue weighted by atomic mass is 10.2. The van der Waals surface area contributed by atoms with E-state index in [-0.39, 0.29) is 5.91 Å². The van der Waals surface area contributed by atoms with Crippen LogP contribution in [0.3, 0.4) is 0 Å². The first-order chi connectivity index (χ1) is 10.6. The first-order valence-electron chi connectivity index (χ1n) is 6.82. The number of aryl methyl sites for hydroxylation is 1. The lowest BCUT2D eigenvalue weighted by molar-refractivity contribution is -0.111. The fourth-order valence-electron chi connectivity index (χ4n) is 2.18. The Bertz CT molecular complexity index is 867. The summed E-state index contributed by atoms with van der Waals surface area (Å²) in [5.41, 5.74) is 3.22. The van der Waals surface area contributed by atoms with Crippen molar-refractivity contribution >= 4 is 34.9 Å². The summed E-state index contributed by atoms with van der Waals surface area (Å²) in [6.07, 6.45) is 4.97. The fourth-order valence-corrected chi connectivity index (χ4v) is 2.42. The van der Waals surface area contributed by atoms with E-state index in [4.69, 9.17) is 11.6 Å². The Kier molecular flexibility index (Phi) is 3.94. The van der Waals surface area contributed by atoms with Crippen molar-refractivity contribution in [2.24, 2.45) is 0 Å². The summed E-state index contributed by atoms with van der Waals surface area (Å²) in [6.45, 7) is 1.95. The number of nitrogens with one attached hydrogen (secondary N) is 1. The molecule has 4 nitrogen and oxygen atoms in total. The number of rotatable bonds is 3. The number of hydrogen-bond acceptors (Lipinski definition) is 2. The maximum atomic E-state index is 12.0. The van der Waals surface area contributed by atoms with E-state index in [0.29, 0.717) is 10.8 Å². The van der Waals surface area contributed by atoms with Crippen LogP contribution in [0, 0.1) is 6.92 Å². The van der Waals surface area contributed by atoms with Gasteiger partial charge in [-0.1, -0.05) is 35.9 Å². The van der Waals surface area contributed by atoms with Gasteiger partial charge in [0.15, 0.2) is 5.15 Å². The number of pyridine rings is 1. The van der Waals surface area contributed by atoms with Gasteiger partial charge >= 0.3 is 0 Å². The van der Waals surface area contributed by atoms with E-state index < -0.39 is 0 Å². The fraction of sp³-hybridized carbons (Fsp3) is 0.0588. The number of carbonyl (C=O) groups is 1. The Morgan fingerprint density at radius 1 is 1.23 bits per heavy atom. The molecule has 0 radical (unpaired) electrons. The first-order valence-corrected chi connectivity index (χ1v) is 7.20. The molecule has 1 N–H and O–H groups in total. The molecule has 0 saturated heterocycles. The summed E-state index contributed by atoms with van der Waals surface area (Å²) < 4.78 is 1.83. The predicted molar refractivity (Wildman–Crippen MR) is 89.0 cm³/mol. The molecule has 22 heavy (non-hydrogen) atoms. The molecule has 0 unspecified atom stereocenters. The molecule has 2 aromatic heterocycles. The van der Waals surface area contributed by atoms with Crippen LogP contribution >= 0.6 is 11.6 Å². The van der Waals surface area contributed by atoms with Crippen LogP contribution in [0.2, 0.25) is 5.15 Å². The van der Waals surface area contributed by atoms with Gasteiger partial charge in [-0.25, -0.2) is 4.98 Å². The zero-order valence-electron chi connectivity index (χ0n) is 12.0. The number of para-hydroxylation sites is 1. The largest absolute Gasteiger partial charge is 0.322 e. The van der Waals surface area contributed by atoms with Crippen molar-refractivity contribution < 1.29 is 4.79 Å². The third-order valence-corrected chi connectivity index (χ3v) is 3.60. The molecule has 0 bridgehead atoms. The Labute approximate surface area is 133 Å². The summed E-state index contributed by atoms with van der Waals surface area (Å²) in [7, 11) is 0. The first kappa shape index (κ1) is 14.4. The lowest BCUT2D eigenvalue weighted by Crippen LogP contribution is -2.08. The zero-order valence-corrected chi connectivity index (χ0v) is 12.7. The summed E-state index contributed by atoms with van der Waals surface area (Å²) >= 11 is 6.12. The number of nitrogens with zero attached hydrogens (tertiary/aromatic N) is 2. The van der Waals surface area contributed by atoms with Gasteiger partial charge in [-0.05, 0) is 36.8 Å². The number of aromatic nitrogens is 2. The third kappa shape index (κ3) is 2.87. The molecule has 1 amide bonds. The maximum absolute atomic E-state index is 12.0. The van der Waals surface area contributed by atoms with E-state index in [1.807, 2.05) is 60.0 Å². The number of fused-ring (bicyclic) bond motifs is 1. The smallest absolute Gasteiger partial charge is 0.248 e. The van der Waals surface area contributed by atoms with Gasteiger partial charge in [-0.2, -0.15) is 0 Å². The van der Waals surface area contributed by atoms with E-state index in [0.717, 1.165) is 16.9 Å². The number of anilines is 1. The van der Waals surface area contributed by atoms with Gasteiger partial charge in [0.25, 0.3) is 0 Å². The van der Waals surface area contributed by atoms with Crippen LogP contribution < -0.4 is 5.32 Å². The summed E-state index contributed by atoms with van der Waals surface area (Å²) in [5.74, 6) is -0.212.